The molecular formula is C19H20N4O6S. The number of carbonyl (C=O) groups excluding carboxylic acids is 2. The lowest BCUT2D eigenvalue weighted by atomic mass is 10.1. The number of nitrogens with one attached hydrogen (secondary N) is 1. The Morgan fingerprint density at radius 1 is 1.20 bits per heavy atom. The first kappa shape index (κ1) is 21.4. The van der Waals surface area contributed by atoms with Crippen molar-refractivity contribution in [3.05, 3.63) is 65.9 Å². The van der Waals surface area contributed by atoms with Crippen LogP contribution in [-0.2, 0) is 17.8 Å². The molecule has 0 fully saturated rings. The minimum atomic E-state index is -0.819. The Morgan fingerprint density at radius 2 is 1.87 bits per heavy atom. The lowest BCUT2D eigenvalue weighted by Gasteiger charge is -2.30. The van der Waals surface area contributed by atoms with E-state index in [4.69, 9.17) is 0 Å². The van der Waals surface area contributed by atoms with Gasteiger partial charge >= 0.3 is 0 Å². The van der Waals surface area contributed by atoms with Crippen LogP contribution in [0.3, 0.4) is 0 Å². The highest BCUT2D eigenvalue weighted by atomic mass is 32.1. The molecule has 0 saturated heterocycles. The third-order valence-corrected chi connectivity index (χ3v) is 5.91. The summed E-state index contributed by atoms with van der Waals surface area (Å²) in [4.78, 5) is 49.2. The van der Waals surface area contributed by atoms with E-state index in [9.17, 15) is 29.8 Å². The zero-order valence-electron chi connectivity index (χ0n) is 16.2. The van der Waals surface area contributed by atoms with Crippen molar-refractivity contribution in [3.8, 4) is 0 Å². The minimum Gasteiger partial charge on any atom is -0.340 e. The van der Waals surface area contributed by atoms with Crippen LogP contribution in [0.5, 0.6) is 0 Å². The molecule has 1 aromatic heterocycles. The van der Waals surface area contributed by atoms with Gasteiger partial charge in [0, 0.05) is 30.1 Å². The van der Waals surface area contributed by atoms with E-state index < -0.39 is 33.2 Å². The first-order valence-electron chi connectivity index (χ1n) is 9.39. The molecule has 0 bridgehead atoms. The number of nitro groups is 2. The molecule has 0 saturated carbocycles. The second kappa shape index (κ2) is 8.99. The monoisotopic (exact) mass is 432 g/mol. The van der Waals surface area contributed by atoms with Crippen LogP contribution < -0.4 is 5.32 Å². The Bertz CT molecular complexity index is 972. The van der Waals surface area contributed by atoms with E-state index in [1.807, 2.05) is 18.4 Å². The number of hydrogen-bond acceptors (Lipinski definition) is 7. The van der Waals surface area contributed by atoms with Gasteiger partial charge in [-0.15, -0.1) is 11.3 Å². The topological polar surface area (TPSA) is 136 Å². The molecule has 30 heavy (non-hydrogen) atoms. The molecule has 1 unspecified atom stereocenters. The quantitative estimate of drug-likeness (QED) is 0.527. The molecule has 1 aromatic carbocycles. The van der Waals surface area contributed by atoms with Crippen molar-refractivity contribution in [2.24, 2.45) is 0 Å². The molecule has 1 atom stereocenters. The van der Waals surface area contributed by atoms with Gasteiger partial charge in [-0.2, -0.15) is 0 Å². The summed E-state index contributed by atoms with van der Waals surface area (Å²) >= 11 is 1.66. The predicted molar refractivity (Wildman–Crippen MR) is 109 cm³/mol. The van der Waals surface area contributed by atoms with Gasteiger partial charge in [-0.3, -0.25) is 29.8 Å². The summed E-state index contributed by atoms with van der Waals surface area (Å²) in [6, 6.07) is 3.89. The van der Waals surface area contributed by atoms with E-state index in [0.29, 0.717) is 25.9 Å². The fourth-order valence-electron chi connectivity index (χ4n) is 3.38. The van der Waals surface area contributed by atoms with Gasteiger partial charge < -0.3 is 10.2 Å². The van der Waals surface area contributed by atoms with Crippen molar-refractivity contribution >= 4 is 34.5 Å². The van der Waals surface area contributed by atoms with Gasteiger partial charge in [0.15, 0.2) is 0 Å². The summed E-state index contributed by atoms with van der Waals surface area (Å²) in [5.74, 6) is -0.996. The highest BCUT2D eigenvalue weighted by Gasteiger charge is 2.29. The number of amides is 2. The number of non-ortho nitro benzene ring substituents is 2. The number of fused-ring (bicyclic) bond motifs is 1. The largest absolute Gasteiger partial charge is 0.340 e. The fraction of sp³-hybridized carbons (Fsp3) is 0.368. The third-order valence-electron chi connectivity index (χ3n) is 4.89. The minimum absolute atomic E-state index is 0.233. The average molecular weight is 432 g/mol. The summed E-state index contributed by atoms with van der Waals surface area (Å²) in [5, 5.41) is 26.7. The maximum absolute atomic E-state index is 13.0. The number of benzene rings is 1. The maximum Gasteiger partial charge on any atom is 0.277 e. The van der Waals surface area contributed by atoms with Gasteiger partial charge in [-0.25, -0.2) is 0 Å². The number of hydrogen-bond donors (Lipinski definition) is 1. The summed E-state index contributed by atoms with van der Waals surface area (Å²) in [5.41, 5.74) is -0.262. The van der Waals surface area contributed by atoms with Gasteiger partial charge in [-0.05, 0) is 29.9 Å². The Balaban J connectivity index is 1.79. The molecular weight excluding hydrogens is 412 g/mol. The van der Waals surface area contributed by atoms with Gasteiger partial charge in [0.25, 0.3) is 17.3 Å². The van der Waals surface area contributed by atoms with Gasteiger partial charge in [0.1, 0.15) is 6.04 Å². The number of nitro benzene ring substituents is 2. The summed E-state index contributed by atoms with van der Waals surface area (Å²) in [6.07, 6.45) is 1.76. The standard InChI is InChI=1S/C19H20N4O6S/c1-2-3-16(19(25)21-6-4-17-12(11-21)5-7-30-17)20-18(24)13-8-14(22(26)27)10-15(9-13)23(28)29/h5,7-10,16H,2-4,6,11H2,1H3,(H,20,24). The number of carbonyl (C=O) groups is 2. The van der Waals surface area contributed by atoms with Crippen molar-refractivity contribution in [2.75, 3.05) is 6.54 Å². The zero-order valence-corrected chi connectivity index (χ0v) is 17.0. The van der Waals surface area contributed by atoms with E-state index in [1.54, 1.807) is 16.2 Å². The van der Waals surface area contributed by atoms with Crippen LogP contribution >= 0.6 is 11.3 Å². The first-order valence-corrected chi connectivity index (χ1v) is 10.3. The van der Waals surface area contributed by atoms with E-state index in [2.05, 4.69) is 5.32 Å². The highest BCUT2D eigenvalue weighted by Crippen LogP contribution is 2.25. The predicted octanol–water partition coefficient (Wildman–Crippen LogP) is 3.05. The van der Waals surface area contributed by atoms with Crippen LogP contribution in [0.1, 0.15) is 40.6 Å². The van der Waals surface area contributed by atoms with Crippen molar-refractivity contribution in [1.82, 2.24) is 10.2 Å². The Labute approximate surface area is 175 Å². The molecule has 3 rings (SSSR count). The lowest BCUT2D eigenvalue weighted by Crippen LogP contribution is -2.49. The maximum atomic E-state index is 13.0. The van der Waals surface area contributed by atoms with Gasteiger partial charge in [0.05, 0.1) is 21.5 Å². The van der Waals surface area contributed by atoms with Gasteiger partial charge in [-0.1, -0.05) is 13.3 Å². The number of thiophene rings is 1. The molecule has 0 aliphatic carbocycles. The van der Waals surface area contributed by atoms with Crippen LogP contribution in [0, 0.1) is 20.2 Å². The molecule has 2 amide bonds. The zero-order chi connectivity index (χ0) is 21.8. The normalized spacial score (nSPS) is 14.0. The Morgan fingerprint density at radius 3 is 2.47 bits per heavy atom. The first-order chi connectivity index (χ1) is 14.3. The van der Waals surface area contributed by atoms with Crippen molar-refractivity contribution < 1.29 is 19.4 Å². The Kier molecular flexibility index (Phi) is 6.40. The van der Waals surface area contributed by atoms with Gasteiger partial charge in [0.2, 0.25) is 5.91 Å². The second-order valence-electron chi connectivity index (χ2n) is 6.95. The van der Waals surface area contributed by atoms with Crippen LogP contribution in [0.25, 0.3) is 0 Å². The third kappa shape index (κ3) is 4.62. The molecule has 1 aliphatic rings. The van der Waals surface area contributed by atoms with Crippen LogP contribution in [-0.4, -0.2) is 39.1 Å². The average Bonchev–Trinajstić information content (AvgIpc) is 3.20. The molecule has 1 N–H and O–H groups in total. The van der Waals surface area contributed by atoms with E-state index in [1.165, 1.54) is 4.88 Å². The molecule has 0 radical (unpaired) electrons. The summed E-state index contributed by atoms with van der Waals surface area (Å²) in [6.45, 7) is 2.89. The SMILES string of the molecule is CCCC(NC(=O)c1cc([N+](=O)[O-])cc([N+](=O)[O-])c1)C(=O)N1CCc2sccc2C1. The van der Waals surface area contributed by atoms with Crippen LogP contribution in [0.4, 0.5) is 11.4 Å². The highest BCUT2D eigenvalue weighted by molar-refractivity contribution is 7.10. The summed E-state index contributed by atoms with van der Waals surface area (Å²) < 4.78 is 0. The second-order valence-corrected chi connectivity index (χ2v) is 7.95. The van der Waals surface area contributed by atoms with Crippen LogP contribution in [0.15, 0.2) is 29.6 Å². The van der Waals surface area contributed by atoms with Crippen molar-refractivity contribution in [2.45, 2.75) is 38.8 Å². The van der Waals surface area contributed by atoms with E-state index in [0.717, 1.165) is 30.2 Å². The smallest absolute Gasteiger partial charge is 0.277 e. The van der Waals surface area contributed by atoms with Crippen LogP contribution in [0.2, 0.25) is 0 Å². The summed E-state index contributed by atoms with van der Waals surface area (Å²) in [7, 11) is 0. The van der Waals surface area contributed by atoms with Crippen molar-refractivity contribution in [1.29, 1.82) is 0 Å². The molecule has 11 heteroatoms. The fourth-order valence-corrected chi connectivity index (χ4v) is 4.27. The molecule has 158 valence electrons. The molecule has 2 heterocycles. The van der Waals surface area contributed by atoms with E-state index >= 15 is 0 Å². The Hall–Kier alpha value is -3.34. The number of nitrogens with zero attached hydrogens (tertiary/aromatic N) is 3. The molecule has 10 nitrogen and oxygen atoms in total. The molecule has 0 spiro atoms. The lowest BCUT2D eigenvalue weighted by molar-refractivity contribution is -0.394. The van der Waals surface area contributed by atoms with E-state index in [-0.39, 0.29) is 11.5 Å². The van der Waals surface area contributed by atoms with Crippen molar-refractivity contribution in [3.63, 3.8) is 0 Å². The molecule has 1 aliphatic heterocycles. The molecule has 2 aromatic rings. The number of rotatable bonds is 7.